The zero-order valence-corrected chi connectivity index (χ0v) is 26.2. The summed E-state index contributed by atoms with van der Waals surface area (Å²) < 4.78 is 59.8. The van der Waals surface area contributed by atoms with Crippen LogP contribution in [0.1, 0.15) is 11.1 Å². The quantitative estimate of drug-likeness (QED) is 0.245. The molecule has 240 valence electrons. The Morgan fingerprint density at radius 3 is 2.28 bits per heavy atom. The molecule has 1 atom stereocenters. The van der Waals surface area contributed by atoms with Crippen LogP contribution < -0.4 is 23.8 Å². The van der Waals surface area contributed by atoms with Gasteiger partial charge in [0.25, 0.3) is 10.0 Å². The standard InChI is InChI=1S/C34H34FN3O7S/c1-36-34(40)30(20-24-7-4-3-5-8-24)37(22-25-9-6-10-28(19-25)43-2)33(39)23-38(27-13-11-26(35)12-14-27)46(41,42)29-15-16-31-32(21-29)45-18-17-44-31/h3-16,19,21,30H,17-18,20,22-23H2,1-2H3,(H,36,40). The number of sulfonamides is 1. The van der Waals surface area contributed by atoms with E-state index >= 15 is 0 Å². The van der Waals surface area contributed by atoms with E-state index in [0.29, 0.717) is 23.7 Å². The van der Waals surface area contributed by atoms with Crippen LogP contribution in [0.25, 0.3) is 0 Å². The number of ether oxygens (including phenoxy) is 3. The summed E-state index contributed by atoms with van der Waals surface area (Å²) in [5.41, 5.74) is 1.53. The highest BCUT2D eigenvalue weighted by molar-refractivity contribution is 7.92. The van der Waals surface area contributed by atoms with E-state index in [1.165, 1.54) is 49.4 Å². The van der Waals surface area contributed by atoms with Crippen LogP contribution in [0.3, 0.4) is 0 Å². The second-order valence-corrected chi connectivity index (χ2v) is 12.3. The summed E-state index contributed by atoms with van der Waals surface area (Å²) in [6.07, 6.45) is 0.168. The summed E-state index contributed by atoms with van der Waals surface area (Å²) in [4.78, 5) is 29.0. The molecule has 0 fully saturated rings. The number of nitrogens with zero attached hydrogens (tertiary/aromatic N) is 2. The largest absolute Gasteiger partial charge is 0.497 e. The molecule has 0 bridgehead atoms. The van der Waals surface area contributed by atoms with E-state index in [9.17, 15) is 22.4 Å². The van der Waals surface area contributed by atoms with Gasteiger partial charge in [0.1, 0.15) is 37.4 Å². The van der Waals surface area contributed by atoms with Gasteiger partial charge in [-0.15, -0.1) is 0 Å². The molecular weight excluding hydrogens is 613 g/mol. The normalized spacial score (nSPS) is 12.9. The Morgan fingerprint density at radius 1 is 0.891 bits per heavy atom. The molecule has 1 unspecified atom stereocenters. The van der Waals surface area contributed by atoms with Crippen molar-refractivity contribution in [3.8, 4) is 17.2 Å². The molecule has 2 amide bonds. The van der Waals surface area contributed by atoms with Crippen LogP contribution in [0.5, 0.6) is 17.2 Å². The van der Waals surface area contributed by atoms with Gasteiger partial charge in [0.15, 0.2) is 11.5 Å². The van der Waals surface area contributed by atoms with E-state index in [-0.39, 0.29) is 35.9 Å². The highest BCUT2D eigenvalue weighted by Crippen LogP contribution is 2.34. The van der Waals surface area contributed by atoms with Crippen molar-refractivity contribution in [2.24, 2.45) is 0 Å². The van der Waals surface area contributed by atoms with E-state index in [1.54, 1.807) is 24.3 Å². The number of rotatable bonds is 12. The number of hydrogen-bond donors (Lipinski definition) is 1. The van der Waals surface area contributed by atoms with Gasteiger partial charge in [0, 0.05) is 26.1 Å². The minimum Gasteiger partial charge on any atom is -0.497 e. The molecule has 46 heavy (non-hydrogen) atoms. The molecule has 0 spiro atoms. The number of methoxy groups -OCH3 is 1. The van der Waals surface area contributed by atoms with Gasteiger partial charge in [-0.2, -0.15) is 0 Å². The first kappa shape index (κ1) is 32.3. The number of likely N-dealkylation sites (N-methyl/N-ethyl adjacent to an activating group) is 1. The van der Waals surface area contributed by atoms with E-state index < -0.39 is 40.2 Å². The number of fused-ring (bicyclic) bond motifs is 1. The second-order valence-electron chi connectivity index (χ2n) is 10.5. The first-order chi connectivity index (χ1) is 22.2. The van der Waals surface area contributed by atoms with Crippen molar-refractivity contribution in [1.29, 1.82) is 0 Å². The maximum Gasteiger partial charge on any atom is 0.264 e. The highest BCUT2D eigenvalue weighted by atomic mass is 32.2. The molecule has 1 aliphatic heterocycles. The minimum atomic E-state index is -4.42. The SMILES string of the molecule is CNC(=O)C(Cc1ccccc1)N(Cc1cccc(OC)c1)C(=O)CN(c1ccc(F)cc1)S(=O)(=O)c1ccc2c(c1)OCCO2. The fourth-order valence-corrected chi connectivity index (χ4v) is 6.57. The summed E-state index contributed by atoms with van der Waals surface area (Å²) in [6, 6.07) is 24.2. The predicted molar refractivity (Wildman–Crippen MR) is 170 cm³/mol. The average Bonchev–Trinajstić information content (AvgIpc) is 3.09. The fourth-order valence-electron chi connectivity index (χ4n) is 5.14. The van der Waals surface area contributed by atoms with Gasteiger partial charge in [-0.25, -0.2) is 12.8 Å². The van der Waals surface area contributed by atoms with Gasteiger partial charge < -0.3 is 24.4 Å². The maximum absolute atomic E-state index is 14.4. The lowest BCUT2D eigenvalue weighted by Crippen LogP contribution is -2.53. The summed E-state index contributed by atoms with van der Waals surface area (Å²) >= 11 is 0. The number of hydrogen-bond acceptors (Lipinski definition) is 7. The van der Waals surface area contributed by atoms with Crippen molar-refractivity contribution in [2.75, 3.05) is 38.2 Å². The van der Waals surface area contributed by atoms with Gasteiger partial charge in [-0.1, -0.05) is 42.5 Å². The molecule has 0 saturated carbocycles. The molecule has 0 aromatic heterocycles. The zero-order chi connectivity index (χ0) is 32.7. The Balaban J connectivity index is 1.56. The van der Waals surface area contributed by atoms with E-state index in [4.69, 9.17) is 14.2 Å². The summed E-state index contributed by atoms with van der Waals surface area (Å²) in [5.74, 6) is -0.457. The second kappa shape index (κ2) is 14.3. The van der Waals surface area contributed by atoms with Crippen molar-refractivity contribution in [1.82, 2.24) is 10.2 Å². The van der Waals surface area contributed by atoms with Gasteiger partial charge in [-0.05, 0) is 59.7 Å². The molecule has 1 N–H and O–H groups in total. The number of benzene rings is 4. The summed E-state index contributed by atoms with van der Waals surface area (Å²) in [7, 11) is -1.42. The van der Waals surface area contributed by atoms with E-state index in [0.717, 1.165) is 22.0 Å². The Kier molecular flexibility index (Phi) is 10.1. The molecule has 1 heterocycles. The Hall–Kier alpha value is -5.10. The lowest BCUT2D eigenvalue weighted by Gasteiger charge is -2.33. The first-order valence-corrected chi connectivity index (χ1v) is 16.0. The van der Waals surface area contributed by atoms with Crippen LogP contribution in [0.2, 0.25) is 0 Å². The van der Waals surface area contributed by atoms with Crippen molar-refractivity contribution >= 4 is 27.5 Å². The molecule has 10 nitrogen and oxygen atoms in total. The molecule has 12 heteroatoms. The van der Waals surface area contributed by atoms with Crippen LogP contribution in [0.4, 0.5) is 10.1 Å². The Labute approximate surface area is 267 Å². The molecule has 4 aromatic carbocycles. The van der Waals surface area contributed by atoms with E-state index in [2.05, 4.69) is 5.32 Å². The third-order valence-corrected chi connectivity index (χ3v) is 9.27. The number of carbonyl (C=O) groups excluding carboxylic acids is 2. The first-order valence-electron chi connectivity index (χ1n) is 14.6. The molecular formula is C34H34FN3O7S. The number of nitrogens with one attached hydrogen (secondary N) is 1. The van der Waals surface area contributed by atoms with Crippen molar-refractivity contribution in [2.45, 2.75) is 23.9 Å². The highest BCUT2D eigenvalue weighted by Gasteiger charge is 2.35. The van der Waals surface area contributed by atoms with Gasteiger partial charge in [-0.3, -0.25) is 13.9 Å². The van der Waals surface area contributed by atoms with Crippen LogP contribution in [-0.2, 0) is 32.6 Å². The number of halogens is 1. The maximum atomic E-state index is 14.4. The number of anilines is 1. The van der Waals surface area contributed by atoms with Gasteiger partial charge in [0.2, 0.25) is 11.8 Å². The Bertz CT molecular complexity index is 1790. The van der Waals surface area contributed by atoms with E-state index in [1.807, 2.05) is 30.3 Å². The fraction of sp³-hybridized carbons (Fsp3) is 0.235. The minimum absolute atomic E-state index is 0.0255. The third kappa shape index (κ3) is 7.40. The predicted octanol–water partition coefficient (Wildman–Crippen LogP) is 4.19. The van der Waals surface area contributed by atoms with Crippen LogP contribution in [-0.4, -0.2) is 65.1 Å². The van der Waals surface area contributed by atoms with Crippen molar-refractivity contribution in [3.63, 3.8) is 0 Å². The van der Waals surface area contributed by atoms with Crippen molar-refractivity contribution < 1.29 is 36.6 Å². The lowest BCUT2D eigenvalue weighted by atomic mass is 10.0. The third-order valence-electron chi connectivity index (χ3n) is 7.50. The average molecular weight is 648 g/mol. The molecule has 1 aliphatic rings. The monoisotopic (exact) mass is 647 g/mol. The number of amides is 2. The molecule has 0 radical (unpaired) electrons. The molecule has 0 aliphatic carbocycles. The summed E-state index contributed by atoms with van der Waals surface area (Å²) in [5, 5.41) is 2.65. The smallest absolute Gasteiger partial charge is 0.264 e. The van der Waals surface area contributed by atoms with Gasteiger partial charge in [0.05, 0.1) is 17.7 Å². The summed E-state index contributed by atoms with van der Waals surface area (Å²) in [6.45, 7) is -0.136. The topological polar surface area (TPSA) is 114 Å². The van der Waals surface area contributed by atoms with Crippen LogP contribution in [0.15, 0.2) is 102 Å². The van der Waals surface area contributed by atoms with Crippen LogP contribution >= 0.6 is 0 Å². The van der Waals surface area contributed by atoms with Crippen LogP contribution in [0, 0.1) is 5.82 Å². The zero-order valence-electron chi connectivity index (χ0n) is 25.4. The number of carbonyl (C=O) groups is 2. The Morgan fingerprint density at radius 2 is 1.59 bits per heavy atom. The molecule has 0 saturated heterocycles. The van der Waals surface area contributed by atoms with Gasteiger partial charge >= 0.3 is 0 Å². The molecule has 5 rings (SSSR count). The lowest BCUT2D eigenvalue weighted by molar-refractivity contribution is -0.139. The molecule has 4 aromatic rings. The van der Waals surface area contributed by atoms with Crippen molar-refractivity contribution in [3.05, 3.63) is 114 Å².